The van der Waals surface area contributed by atoms with Crippen LogP contribution in [0.5, 0.6) is 5.75 Å². The van der Waals surface area contributed by atoms with Crippen molar-refractivity contribution >= 4 is 21.6 Å². The van der Waals surface area contributed by atoms with Gasteiger partial charge in [-0.1, -0.05) is 38.5 Å². The number of amides is 1. The molecule has 29 heavy (non-hydrogen) atoms. The standard InChI is InChI=1S/C22H28N2O4S/c1-16(2)18-9-5-6-10-20(18)23-22(25)19-15-17(11-12-21(19)28-3)29(26,27)24-13-7-4-8-14-24/h5-6,9-12,15-16H,4,7-8,13-14H2,1-3H3,(H,23,25). The third-order valence-electron chi connectivity index (χ3n) is 5.20. The van der Waals surface area contributed by atoms with Crippen LogP contribution < -0.4 is 10.1 Å². The summed E-state index contributed by atoms with van der Waals surface area (Å²) in [5, 5.41) is 2.91. The number of rotatable bonds is 6. The van der Waals surface area contributed by atoms with Gasteiger partial charge in [-0.25, -0.2) is 8.42 Å². The average Bonchev–Trinajstić information content (AvgIpc) is 2.74. The van der Waals surface area contributed by atoms with E-state index in [1.165, 1.54) is 23.5 Å². The van der Waals surface area contributed by atoms with E-state index in [4.69, 9.17) is 4.74 Å². The first kappa shape index (κ1) is 21.3. The smallest absolute Gasteiger partial charge is 0.259 e. The summed E-state index contributed by atoms with van der Waals surface area (Å²) in [6.45, 7) is 5.13. The third-order valence-corrected chi connectivity index (χ3v) is 7.09. The molecule has 0 radical (unpaired) electrons. The van der Waals surface area contributed by atoms with Crippen LogP contribution in [-0.2, 0) is 10.0 Å². The zero-order valence-corrected chi connectivity index (χ0v) is 18.0. The molecule has 0 aromatic heterocycles. The van der Waals surface area contributed by atoms with E-state index in [0.717, 1.165) is 24.8 Å². The lowest BCUT2D eigenvalue weighted by molar-refractivity contribution is 0.102. The second kappa shape index (κ2) is 8.97. The van der Waals surface area contributed by atoms with Crippen LogP contribution in [-0.4, -0.2) is 38.8 Å². The highest BCUT2D eigenvalue weighted by molar-refractivity contribution is 7.89. The molecule has 3 rings (SSSR count). The van der Waals surface area contributed by atoms with E-state index >= 15 is 0 Å². The molecule has 1 fully saturated rings. The summed E-state index contributed by atoms with van der Waals surface area (Å²) in [4.78, 5) is 13.1. The number of anilines is 1. The second-order valence-electron chi connectivity index (χ2n) is 7.52. The van der Waals surface area contributed by atoms with E-state index in [1.807, 2.05) is 24.3 Å². The predicted octanol–water partition coefficient (Wildman–Crippen LogP) is 4.25. The topological polar surface area (TPSA) is 75.7 Å². The van der Waals surface area contributed by atoms with Crippen molar-refractivity contribution in [3.8, 4) is 5.75 Å². The molecule has 6 nitrogen and oxygen atoms in total. The number of hydrogen-bond acceptors (Lipinski definition) is 4. The molecule has 0 spiro atoms. The van der Waals surface area contributed by atoms with Gasteiger partial charge in [-0.2, -0.15) is 4.31 Å². The Hall–Kier alpha value is -2.38. The predicted molar refractivity (Wildman–Crippen MR) is 114 cm³/mol. The van der Waals surface area contributed by atoms with Gasteiger partial charge < -0.3 is 10.1 Å². The lowest BCUT2D eigenvalue weighted by Gasteiger charge is -2.26. The van der Waals surface area contributed by atoms with E-state index in [9.17, 15) is 13.2 Å². The fourth-order valence-corrected chi connectivity index (χ4v) is 5.13. The number of hydrogen-bond donors (Lipinski definition) is 1. The SMILES string of the molecule is COc1ccc(S(=O)(=O)N2CCCCC2)cc1C(=O)Nc1ccccc1C(C)C. The number of para-hydroxylation sites is 1. The molecule has 156 valence electrons. The molecule has 1 heterocycles. The van der Waals surface area contributed by atoms with E-state index < -0.39 is 15.9 Å². The zero-order valence-electron chi connectivity index (χ0n) is 17.1. The summed E-state index contributed by atoms with van der Waals surface area (Å²) >= 11 is 0. The van der Waals surface area contributed by atoms with Gasteiger partial charge in [-0.05, 0) is 48.6 Å². The molecule has 0 aliphatic carbocycles. The van der Waals surface area contributed by atoms with Crippen LogP contribution in [0, 0.1) is 0 Å². The monoisotopic (exact) mass is 416 g/mol. The molecule has 0 unspecified atom stereocenters. The molecule has 1 aliphatic rings. The van der Waals surface area contributed by atoms with E-state index in [1.54, 1.807) is 6.07 Å². The van der Waals surface area contributed by atoms with Crippen molar-refractivity contribution in [2.45, 2.75) is 43.9 Å². The van der Waals surface area contributed by atoms with Gasteiger partial charge in [0.25, 0.3) is 5.91 Å². The average molecular weight is 417 g/mol. The minimum Gasteiger partial charge on any atom is -0.496 e. The molecule has 1 aliphatic heterocycles. The number of nitrogens with one attached hydrogen (secondary N) is 1. The van der Waals surface area contributed by atoms with Gasteiger partial charge in [0.1, 0.15) is 5.75 Å². The van der Waals surface area contributed by atoms with Crippen LogP contribution in [0.15, 0.2) is 47.4 Å². The lowest BCUT2D eigenvalue weighted by atomic mass is 10.0. The van der Waals surface area contributed by atoms with E-state index in [-0.39, 0.29) is 16.4 Å². The van der Waals surface area contributed by atoms with Crippen molar-refractivity contribution in [3.63, 3.8) is 0 Å². The van der Waals surface area contributed by atoms with Gasteiger partial charge in [0.05, 0.1) is 17.6 Å². The first-order valence-corrected chi connectivity index (χ1v) is 11.4. The Labute approximate surface area is 172 Å². The fraction of sp³-hybridized carbons (Fsp3) is 0.409. The Balaban J connectivity index is 1.94. The number of ether oxygens (including phenoxy) is 1. The van der Waals surface area contributed by atoms with Gasteiger partial charge in [0, 0.05) is 18.8 Å². The zero-order chi connectivity index (χ0) is 21.0. The Morgan fingerprint density at radius 1 is 1.07 bits per heavy atom. The van der Waals surface area contributed by atoms with Gasteiger partial charge in [-0.15, -0.1) is 0 Å². The normalized spacial score (nSPS) is 15.3. The van der Waals surface area contributed by atoms with Crippen LogP contribution in [0.3, 0.4) is 0 Å². The Morgan fingerprint density at radius 3 is 2.41 bits per heavy atom. The summed E-state index contributed by atoms with van der Waals surface area (Å²) in [5.74, 6) is 0.173. The maximum Gasteiger partial charge on any atom is 0.259 e. The molecule has 0 bridgehead atoms. The van der Waals surface area contributed by atoms with E-state index in [0.29, 0.717) is 24.5 Å². The lowest BCUT2D eigenvalue weighted by Crippen LogP contribution is -2.35. The summed E-state index contributed by atoms with van der Waals surface area (Å²) in [6, 6.07) is 12.0. The first-order chi connectivity index (χ1) is 13.8. The highest BCUT2D eigenvalue weighted by atomic mass is 32.2. The number of sulfonamides is 1. The van der Waals surface area contributed by atoms with E-state index in [2.05, 4.69) is 19.2 Å². The highest BCUT2D eigenvalue weighted by Crippen LogP contribution is 2.29. The fourth-order valence-electron chi connectivity index (χ4n) is 3.58. The minimum absolute atomic E-state index is 0.113. The van der Waals surface area contributed by atoms with Gasteiger partial charge >= 0.3 is 0 Å². The number of nitrogens with zero attached hydrogens (tertiary/aromatic N) is 1. The maximum atomic E-state index is 13.0. The molecule has 0 saturated carbocycles. The van der Waals surface area contributed by atoms with Gasteiger partial charge in [0.2, 0.25) is 10.0 Å². The van der Waals surface area contributed by atoms with Crippen molar-refractivity contribution in [3.05, 3.63) is 53.6 Å². The number of carbonyl (C=O) groups is 1. The Kier molecular flexibility index (Phi) is 6.59. The number of piperidine rings is 1. The van der Waals surface area contributed by atoms with Gasteiger partial charge in [0.15, 0.2) is 0 Å². The van der Waals surface area contributed by atoms with Crippen molar-refractivity contribution in [2.24, 2.45) is 0 Å². The summed E-state index contributed by atoms with van der Waals surface area (Å²) in [5.41, 5.74) is 1.92. The van der Waals surface area contributed by atoms with Crippen molar-refractivity contribution in [1.29, 1.82) is 0 Å². The molecule has 0 atom stereocenters. The highest BCUT2D eigenvalue weighted by Gasteiger charge is 2.27. The molecule has 1 saturated heterocycles. The third kappa shape index (κ3) is 4.62. The van der Waals surface area contributed by atoms with Crippen molar-refractivity contribution in [2.75, 3.05) is 25.5 Å². The van der Waals surface area contributed by atoms with Crippen molar-refractivity contribution in [1.82, 2.24) is 4.31 Å². The molecular weight excluding hydrogens is 388 g/mol. The number of carbonyl (C=O) groups excluding carboxylic acids is 1. The number of methoxy groups -OCH3 is 1. The Morgan fingerprint density at radius 2 is 1.76 bits per heavy atom. The number of benzene rings is 2. The second-order valence-corrected chi connectivity index (χ2v) is 9.46. The van der Waals surface area contributed by atoms with Crippen LogP contribution in [0.2, 0.25) is 0 Å². The summed E-state index contributed by atoms with van der Waals surface area (Å²) in [6.07, 6.45) is 2.75. The molecular formula is C22H28N2O4S. The first-order valence-electron chi connectivity index (χ1n) is 9.93. The molecule has 2 aromatic rings. The molecule has 2 aromatic carbocycles. The molecule has 7 heteroatoms. The Bertz CT molecular complexity index is 980. The molecule has 1 amide bonds. The van der Waals surface area contributed by atoms with Crippen molar-refractivity contribution < 1.29 is 17.9 Å². The van der Waals surface area contributed by atoms with Crippen LogP contribution in [0.1, 0.15) is 54.9 Å². The summed E-state index contributed by atoms with van der Waals surface area (Å²) in [7, 11) is -2.17. The summed E-state index contributed by atoms with van der Waals surface area (Å²) < 4.78 is 32.9. The molecule has 1 N–H and O–H groups in total. The van der Waals surface area contributed by atoms with Crippen LogP contribution in [0.25, 0.3) is 0 Å². The largest absolute Gasteiger partial charge is 0.496 e. The maximum absolute atomic E-state index is 13.0. The van der Waals surface area contributed by atoms with Crippen LogP contribution >= 0.6 is 0 Å². The quantitative estimate of drug-likeness (QED) is 0.764. The minimum atomic E-state index is -3.64. The van der Waals surface area contributed by atoms with Crippen LogP contribution in [0.4, 0.5) is 5.69 Å². The van der Waals surface area contributed by atoms with Gasteiger partial charge in [-0.3, -0.25) is 4.79 Å².